The van der Waals surface area contributed by atoms with Gasteiger partial charge in [-0.25, -0.2) is 16.9 Å². The third-order valence-corrected chi connectivity index (χ3v) is 2.11. The molecule has 0 unspecified atom stereocenters. The molecule has 0 saturated heterocycles. The van der Waals surface area contributed by atoms with Crippen LogP contribution in [0.2, 0.25) is 0 Å². The van der Waals surface area contributed by atoms with Crippen LogP contribution in [0, 0.1) is 5.41 Å². The fourth-order valence-corrected chi connectivity index (χ4v) is 1.08. The van der Waals surface area contributed by atoms with Gasteiger partial charge in [0, 0.05) is 0 Å². The number of amidine groups is 1. The number of nitrogens with two attached hydrogens (primary N) is 1. The van der Waals surface area contributed by atoms with Gasteiger partial charge >= 0.3 is 0 Å². The second kappa shape index (κ2) is 7.34. The second-order valence-electron chi connectivity index (χ2n) is 3.18. The molecule has 0 aliphatic rings. The first-order chi connectivity index (χ1) is 6.99. The summed E-state index contributed by atoms with van der Waals surface area (Å²) in [6, 6.07) is 0. The molecule has 0 fully saturated rings. The molecule has 0 aliphatic carbocycles. The van der Waals surface area contributed by atoms with E-state index in [9.17, 15) is 4.39 Å². The van der Waals surface area contributed by atoms with Gasteiger partial charge in [-0.1, -0.05) is 18.5 Å². The number of hydrogen-bond acceptors (Lipinski definition) is 2. The predicted molar refractivity (Wildman–Crippen MR) is 69.4 cm³/mol. The van der Waals surface area contributed by atoms with Crippen molar-refractivity contribution in [1.82, 2.24) is 0 Å². The average Bonchev–Trinajstić information content (AvgIpc) is 2.15. The number of hydrogen-bond donors (Lipinski definition) is 3. The fraction of sp³-hybridized carbons (Fsp3) is 0.300. The summed E-state index contributed by atoms with van der Waals surface area (Å²) in [7, 11) is 0. The maximum absolute atomic E-state index is 13.2. The molecule has 0 bridgehead atoms. The van der Waals surface area contributed by atoms with Crippen molar-refractivity contribution < 1.29 is 4.39 Å². The molecule has 82 valence electrons. The topological polar surface area (TPSA) is 49.9 Å². The molecule has 5 heteroatoms. The molecule has 2 nitrogen and oxygen atoms in total. The fourth-order valence-electron chi connectivity index (χ4n) is 0.988. The first kappa shape index (κ1) is 14.0. The number of thiol groups is 1. The normalized spacial score (nSPS) is 12.5. The molecule has 0 saturated carbocycles. The van der Waals surface area contributed by atoms with Crippen LogP contribution in [0.4, 0.5) is 4.39 Å². The first-order valence-electron chi connectivity index (χ1n) is 4.67. The van der Waals surface area contributed by atoms with E-state index in [4.69, 9.17) is 11.1 Å². The van der Waals surface area contributed by atoms with Crippen LogP contribution in [0.25, 0.3) is 0 Å². The van der Waals surface area contributed by atoms with Crippen LogP contribution >= 0.6 is 12.5 Å². The zero-order chi connectivity index (χ0) is 11.8. The number of allylic oxidation sites excluding steroid dienone is 4. The van der Waals surface area contributed by atoms with E-state index in [1.54, 1.807) is 6.08 Å². The Hall–Kier alpha value is -0.965. The Morgan fingerprint density at radius 1 is 1.60 bits per heavy atom. The Bertz CT molecular complexity index is 311. The maximum atomic E-state index is 13.2. The lowest BCUT2D eigenvalue weighted by Crippen LogP contribution is -2.08. The highest BCUT2D eigenvalue weighted by atomic mass is 32.1. The summed E-state index contributed by atoms with van der Waals surface area (Å²) in [5.74, 6) is -0.574. The van der Waals surface area contributed by atoms with Crippen LogP contribution in [0.15, 0.2) is 35.6 Å². The lowest BCUT2D eigenvalue weighted by molar-refractivity contribution is 0.621. The Morgan fingerprint density at radius 3 is 2.60 bits per heavy atom. The molecule has 0 aromatic heterocycles. The third-order valence-electron chi connectivity index (χ3n) is 1.70. The Morgan fingerprint density at radius 2 is 2.20 bits per heavy atom. The van der Waals surface area contributed by atoms with Crippen molar-refractivity contribution in [3.8, 4) is 0 Å². The SMILES string of the molecule is C=C(BS)/C=C(\C=C(\F)CC(=N)N)CC. The van der Waals surface area contributed by atoms with E-state index in [0.717, 1.165) is 11.0 Å². The highest BCUT2D eigenvalue weighted by molar-refractivity contribution is 8.07. The molecule has 0 rings (SSSR count). The minimum Gasteiger partial charge on any atom is -0.387 e. The number of rotatable bonds is 6. The van der Waals surface area contributed by atoms with Gasteiger partial charge in [0.2, 0.25) is 6.56 Å². The van der Waals surface area contributed by atoms with Gasteiger partial charge in [-0.2, -0.15) is 0 Å². The van der Waals surface area contributed by atoms with Crippen molar-refractivity contribution in [2.24, 2.45) is 5.73 Å². The van der Waals surface area contributed by atoms with E-state index in [2.05, 4.69) is 19.1 Å². The summed E-state index contributed by atoms with van der Waals surface area (Å²) >= 11 is 4.06. The van der Waals surface area contributed by atoms with Gasteiger partial charge in [0.25, 0.3) is 0 Å². The van der Waals surface area contributed by atoms with Gasteiger partial charge in [0.15, 0.2) is 0 Å². The van der Waals surface area contributed by atoms with Crippen LogP contribution in [0.1, 0.15) is 19.8 Å². The molecular weight excluding hydrogens is 210 g/mol. The highest BCUT2D eigenvalue weighted by Crippen LogP contribution is 2.12. The van der Waals surface area contributed by atoms with Crippen molar-refractivity contribution in [2.45, 2.75) is 19.8 Å². The standard InChI is InChI=1S/C10H16BFN2S/c1-3-8(4-7(2)11-15)5-9(12)6-10(13)14/h4-5,11,15H,2-3,6H2,1H3,(H3,13,14)/b8-4-,9-5+. The quantitative estimate of drug-likeness (QED) is 0.210. The van der Waals surface area contributed by atoms with E-state index < -0.39 is 5.83 Å². The van der Waals surface area contributed by atoms with E-state index in [1.165, 1.54) is 6.08 Å². The minimum absolute atomic E-state index is 0.134. The summed E-state index contributed by atoms with van der Waals surface area (Å²) in [5, 5.41) is 6.95. The molecule has 0 amide bonds. The van der Waals surface area contributed by atoms with Crippen LogP contribution in [-0.4, -0.2) is 12.4 Å². The lowest BCUT2D eigenvalue weighted by atomic mass is 9.93. The molecule has 0 heterocycles. The van der Waals surface area contributed by atoms with Crippen molar-refractivity contribution in [3.05, 3.63) is 35.6 Å². The maximum Gasteiger partial charge on any atom is 0.219 e. The second-order valence-corrected chi connectivity index (χ2v) is 3.50. The van der Waals surface area contributed by atoms with Gasteiger partial charge in [0.1, 0.15) is 5.83 Å². The summed E-state index contributed by atoms with van der Waals surface area (Å²) in [4.78, 5) is 0. The highest BCUT2D eigenvalue weighted by Gasteiger charge is 1.99. The number of nitrogens with one attached hydrogen (secondary N) is 1. The summed E-state index contributed by atoms with van der Waals surface area (Å²) in [5.41, 5.74) is 6.75. The van der Waals surface area contributed by atoms with Crippen molar-refractivity contribution >= 4 is 24.9 Å². The molecular formula is C10H16BFN2S. The Labute approximate surface area is 96.2 Å². The van der Waals surface area contributed by atoms with Gasteiger partial charge < -0.3 is 5.73 Å². The summed E-state index contributed by atoms with van der Waals surface area (Å²) < 4.78 is 13.2. The van der Waals surface area contributed by atoms with E-state index in [-0.39, 0.29) is 12.3 Å². The zero-order valence-corrected chi connectivity index (χ0v) is 9.78. The first-order valence-corrected chi connectivity index (χ1v) is 5.31. The molecule has 0 aromatic rings. The molecule has 3 N–H and O–H groups in total. The molecule has 0 spiro atoms. The van der Waals surface area contributed by atoms with Crippen molar-refractivity contribution in [2.75, 3.05) is 0 Å². The molecule has 0 aromatic carbocycles. The largest absolute Gasteiger partial charge is 0.387 e. The lowest BCUT2D eigenvalue weighted by Gasteiger charge is -2.00. The average molecular weight is 226 g/mol. The van der Waals surface area contributed by atoms with Crippen molar-refractivity contribution in [3.63, 3.8) is 0 Å². The molecule has 0 atom stereocenters. The summed E-state index contributed by atoms with van der Waals surface area (Å²) in [6.07, 6.45) is 3.77. The van der Waals surface area contributed by atoms with Crippen LogP contribution in [-0.2, 0) is 0 Å². The molecule has 0 radical (unpaired) electrons. The summed E-state index contributed by atoms with van der Waals surface area (Å²) in [6.45, 7) is 6.23. The smallest absolute Gasteiger partial charge is 0.219 e. The Balaban J connectivity index is 4.62. The van der Waals surface area contributed by atoms with Crippen LogP contribution in [0.5, 0.6) is 0 Å². The van der Waals surface area contributed by atoms with Gasteiger partial charge in [-0.15, -0.1) is 6.58 Å². The number of halogens is 1. The third kappa shape index (κ3) is 7.02. The van der Waals surface area contributed by atoms with Crippen LogP contribution in [0.3, 0.4) is 0 Å². The molecule has 15 heavy (non-hydrogen) atoms. The minimum atomic E-state index is -0.400. The van der Waals surface area contributed by atoms with E-state index in [0.29, 0.717) is 13.0 Å². The van der Waals surface area contributed by atoms with Crippen LogP contribution < -0.4 is 5.73 Å². The van der Waals surface area contributed by atoms with E-state index >= 15 is 0 Å². The molecule has 0 aliphatic heterocycles. The zero-order valence-electron chi connectivity index (χ0n) is 8.89. The van der Waals surface area contributed by atoms with Gasteiger partial charge in [0.05, 0.1) is 12.3 Å². The van der Waals surface area contributed by atoms with Gasteiger partial charge in [-0.3, -0.25) is 5.41 Å². The van der Waals surface area contributed by atoms with Gasteiger partial charge in [-0.05, 0) is 18.1 Å². The predicted octanol–water partition coefficient (Wildman–Crippen LogP) is 2.30. The Kier molecular flexibility index (Phi) is 6.87. The van der Waals surface area contributed by atoms with Crippen molar-refractivity contribution in [1.29, 1.82) is 5.41 Å². The monoisotopic (exact) mass is 226 g/mol. The van der Waals surface area contributed by atoms with E-state index in [1.807, 2.05) is 6.92 Å².